The number of hydrogen-bond donors (Lipinski definition) is 0. The van der Waals surface area contributed by atoms with Gasteiger partial charge in [-0.25, -0.2) is 9.37 Å². The molecular weight excluding hydrogens is 285 g/mol. The first-order chi connectivity index (χ1) is 10.1. The molecule has 3 rings (SSSR count). The normalized spacial score (nSPS) is 10.6. The first-order valence-electron chi connectivity index (χ1n) is 6.46. The van der Waals surface area contributed by atoms with Crippen LogP contribution in [-0.2, 0) is 0 Å². The van der Waals surface area contributed by atoms with Gasteiger partial charge in [0, 0.05) is 16.5 Å². The highest BCUT2D eigenvalue weighted by atomic mass is 32.1. The van der Waals surface area contributed by atoms with E-state index in [4.69, 9.17) is 0 Å². The Balaban J connectivity index is 1.89. The third-order valence-corrected chi connectivity index (χ3v) is 4.03. The number of rotatable bonds is 3. The molecule has 0 fully saturated rings. The van der Waals surface area contributed by atoms with Crippen molar-refractivity contribution in [1.82, 2.24) is 4.98 Å². The van der Waals surface area contributed by atoms with Crippen LogP contribution in [0.2, 0.25) is 0 Å². The number of benzene rings is 2. The molecule has 0 unspecified atom stereocenters. The largest absolute Gasteiger partial charge is 0.287 e. The highest BCUT2D eigenvalue weighted by Gasteiger charge is 2.14. The highest BCUT2D eigenvalue weighted by molar-refractivity contribution is 7.13. The van der Waals surface area contributed by atoms with Crippen LogP contribution in [0.25, 0.3) is 10.6 Å². The molecule has 2 nitrogen and oxygen atoms in total. The van der Waals surface area contributed by atoms with E-state index < -0.39 is 0 Å². The van der Waals surface area contributed by atoms with Gasteiger partial charge in [-0.15, -0.1) is 11.3 Å². The third-order valence-electron chi connectivity index (χ3n) is 3.14. The zero-order chi connectivity index (χ0) is 14.8. The first kappa shape index (κ1) is 13.6. The maximum atomic E-state index is 12.9. The smallest absolute Gasteiger partial charge is 0.212 e. The Kier molecular flexibility index (Phi) is 3.62. The minimum absolute atomic E-state index is 0.190. The van der Waals surface area contributed by atoms with Crippen molar-refractivity contribution >= 4 is 17.1 Å². The first-order valence-corrected chi connectivity index (χ1v) is 7.34. The molecule has 0 saturated carbocycles. The Labute approximate surface area is 125 Å². The van der Waals surface area contributed by atoms with Crippen molar-refractivity contribution in [1.29, 1.82) is 0 Å². The molecule has 0 aliphatic heterocycles. The summed E-state index contributed by atoms with van der Waals surface area (Å²) in [6, 6.07) is 13.5. The number of nitrogens with zero attached hydrogens (tertiary/aromatic N) is 1. The lowest BCUT2D eigenvalue weighted by Crippen LogP contribution is -2.01. The van der Waals surface area contributed by atoms with E-state index in [2.05, 4.69) is 4.98 Å². The topological polar surface area (TPSA) is 30.0 Å². The van der Waals surface area contributed by atoms with Crippen LogP contribution < -0.4 is 0 Å². The van der Waals surface area contributed by atoms with Crippen molar-refractivity contribution in [3.05, 3.63) is 76.5 Å². The van der Waals surface area contributed by atoms with Crippen LogP contribution in [0.4, 0.5) is 4.39 Å². The molecule has 4 heteroatoms. The van der Waals surface area contributed by atoms with Gasteiger partial charge >= 0.3 is 0 Å². The molecule has 0 atom stereocenters. The molecule has 3 aromatic rings. The summed E-state index contributed by atoms with van der Waals surface area (Å²) in [6.45, 7) is 2.02. The van der Waals surface area contributed by atoms with E-state index in [0.717, 1.165) is 10.6 Å². The van der Waals surface area contributed by atoms with Crippen molar-refractivity contribution in [2.24, 2.45) is 0 Å². The van der Waals surface area contributed by atoms with E-state index in [-0.39, 0.29) is 11.6 Å². The number of carbonyl (C=O) groups is 1. The van der Waals surface area contributed by atoms with Gasteiger partial charge in [0.2, 0.25) is 5.78 Å². The van der Waals surface area contributed by atoms with Crippen molar-refractivity contribution in [2.75, 3.05) is 0 Å². The molecule has 1 aromatic heterocycles. The highest BCUT2D eigenvalue weighted by Crippen LogP contribution is 2.25. The number of aromatic nitrogens is 1. The number of aryl methyl sites for hydroxylation is 1. The quantitative estimate of drug-likeness (QED) is 0.667. The van der Waals surface area contributed by atoms with E-state index in [0.29, 0.717) is 11.3 Å². The van der Waals surface area contributed by atoms with E-state index in [1.165, 1.54) is 41.2 Å². The van der Waals surface area contributed by atoms with Gasteiger partial charge in [0.05, 0.1) is 0 Å². The molecular formula is C17H12FNOS. The summed E-state index contributed by atoms with van der Waals surface area (Å²) in [5, 5.41) is 2.54. The third kappa shape index (κ3) is 2.90. The average Bonchev–Trinajstić information content (AvgIpc) is 2.98. The van der Waals surface area contributed by atoms with Crippen LogP contribution in [0.15, 0.2) is 53.9 Å². The predicted octanol–water partition coefficient (Wildman–Crippen LogP) is 4.49. The van der Waals surface area contributed by atoms with E-state index >= 15 is 0 Å². The summed E-state index contributed by atoms with van der Waals surface area (Å²) in [5.41, 5.74) is 3.00. The summed E-state index contributed by atoms with van der Waals surface area (Å²) < 4.78 is 12.9. The van der Waals surface area contributed by atoms with E-state index in [1.54, 1.807) is 5.38 Å². The second kappa shape index (κ2) is 5.58. The summed E-state index contributed by atoms with van der Waals surface area (Å²) in [6.07, 6.45) is 0. The molecule has 2 aromatic carbocycles. The standard InChI is InChI=1S/C17H12FNOS/c1-11-2-4-13(5-3-11)17-19-15(10-21-17)16(20)12-6-8-14(18)9-7-12/h2-10H,1H3. The molecule has 0 N–H and O–H groups in total. The Morgan fingerprint density at radius 2 is 1.71 bits per heavy atom. The van der Waals surface area contributed by atoms with Crippen molar-refractivity contribution < 1.29 is 9.18 Å². The van der Waals surface area contributed by atoms with Crippen molar-refractivity contribution in [3.63, 3.8) is 0 Å². The SMILES string of the molecule is Cc1ccc(-c2nc(C(=O)c3ccc(F)cc3)cs2)cc1. The lowest BCUT2D eigenvalue weighted by molar-refractivity contribution is 0.103. The Morgan fingerprint density at radius 1 is 1.05 bits per heavy atom. The van der Waals surface area contributed by atoms with Gasteiger partial charge in [0.1, 0.15) is 16.5 Å². The summed E-state index contributed by atoms with van der Waals surface area (Å²) in [5.74, 6) is -0.546. The number of halogens is 1. The van der Waals surface area contributed by atoms with Crippen LogP contribution in [0.3, 0.4) is 0 Å². The van der Waals surface area contributed by atoms with Crippen LogP contribution in [0.5, 0.6) is 0 Å². The van der Waals surface area contributed by atoms with Gasteiger partial charge in [-0.3, -0.25) is 4.79 Å². The van der Waals surface area contributed by atoms with Crippen LogP contribution >= 0.6 is 11.3 Å². The molecule has 0 radical (unpaired) electrons. The summed E-state index contributed by atoms with van der Waals surface area (Å²) >= 11 is 1.43. The molecule has 21 heavy (non-hydrogen) atoms. The summed E-state index contributed by atoms with van der Waals surface area (Å²) in [4.78, 5) is 16.7. The van der Waals surface area contributed by atoms with Gasteiger partial charge in [0.25, 0.3) is 0 Å². The van der Waals surface area contributed by atoms with Gasteiger partial charge in [-0.05, 0) is 31.2 Å². The van der Waals surface area contributed by atoms with Crippen molar-refractivity contribution in [3.8, 4) is 10.6 Å². The van der Waals surface area contributed by atoms with Gasteiger partial charge in [-0.1, -0.05) is 29.8 Å². The monoisotopic (exact) mass is 297 g/mol. The van der Waals surface area contributed by atoms with Gasteiger partial charge in [-0.2, -0.15) is 0 Å². The lowest BCUT2D eigenvalue weighted by atomic mass is 10.1. The number of thiazole rings is 1. The number of ketones is 1. The predicted molar refractivity (Wildman–Crippen MR) is 82.1 cm³/mol. The lowest BCUT2D eigenvalue weighted by Gasteiger charge is -1.98. The molecule has 0 aliphatic rings. The molecule has 0 saturated heterocycles. The van der Waals surface area contributed by atoms with Crippen LogP contribution in [0, 0.1) is 12.7 Å². The van der Waals surface area contributed by atoms with Crippen LogP contribution in [0.1, 0.15) is 21.6 Å². The summed E-state index contributed by atoms with van der Waals surface area (Å²) in [7, 11) is 0. The van der Waals surface area contributed by atoms with Crippen LogP contribution in [-0.4, -0.2) is 10.8 Å². The maximum Gasteiger partial charge on any atom is 0.212 e. The average molecular weight is 297 g/mol. The molecule has 104 valence electrons. The second-order valence-electron chi connectivity index (χ2n) is 4.74. The molecule has 0 spiro atoms. The van der Waals surface area contributed by atoms with E-state index in [9.17, 15) is 9.18 Å². The fourth-order valence-electron chi connectivity index (χ4n) is 1.96. The van der Waals surface area contributed by atoms with Crippen molar-refractivity contribution in [2.45, 2.75) is 6.92 Å². The Hall–Kier alpha value is -2.33. The Bertz CT molecular complexity index is 775. The second-order valence-corrected chi connectivity index (χ2v) is 5.60. The Morgan fingerprint density at radius 3 is 2.38 bits per heavy atom. The molecule has 0 aliphatic carbocycles. The maximum absolute atomic E-state index is 12.9. The molecule has 1 heterocycles. The fraction of sp³-hybridized carbons (Fsp3) is 0.0588. The number of carbonyl (C=O) groups excluding carboxylic acids is 1. The zero-order valence-electron chi connectivity index (χ0n) is 11.3. The minimum atomic E-state index is -0.356. The van der Waals surface area contributed by atoms with Gasteiger partial charge < -0.3 is 0 Å². The van der Waals surface area contributed by atoms with E-state index in [1.807, 2.05) is 31.2 Å². The molecule has 0 amide bonds. The zero-order valence-corrected chi connectivity index (χ0v) is 12.2. The number of hydrogen-bond acceptors (Lipinski definition) is 3. The molecule has 0 bridgehead atoms. The minimum Gasteiger partial charge on any atom is -0.287 e. The van der Waals surface area contributed by atoms with Gasteiger partial charge in [0.15, 0.2) is 0 Å². The fourth-order valence-corrected chi connectivity index (χ4v) is 2.76.